The number of amides is 1. The van der Waals surface area contributed by atoms with Crippen LogP contribution in [0.1, 0.15) is 42.4 Å². The van der Waals surface area contributed by atoms with Crippen LogP contribution >= 0.6 is 0 Å². The van der Waals surface area contributed by atoms with Gasteiger partial charge < -0.3 is 9.32 Å². The summed E-state index contributed by atoms with van der Waals surface area (Å²) in [5.41, 5.74) is 2.33. The molecule has 27 heavy (non-hydrogen) atoms. The molecule has 8 heteroatoms. The van der Waals surface area contributed by atoms with Crippen LogP contribution in [0.4, 0.5) is 0 Å². The maximum Gasteiger partial charge on any atom is 0.419 e. The fourth-order valence-electron chi connectivity index (χ4n) is 3.71. The largest absolute Gasteiger partial charge is 0.419 e. The smallest absolute Gasteiger partial charge is 0.408 e. The highest BCUT2D eigenvalue weighted by atomic mass is 16.4. The maximum atomic E-state index is 12.7. The number of rotatable bonds is 4. The van der Waals surface area contributed by atoms with Crippen LogP contribution in [0, 0.1) is 13.8 Å². The molecule has 0 unspecified atom stereocenters. The Morgan fingerprint density at radius 2 is 2.22 bits per heavy atom. The van der Waals surface area contributed by atoms with Crippen LogP contribution in [-0.2, 0) is 11.3 Å². The minimum Gasteiger partial charge on any atom is -0.408 e. The van der Waals surface area contributed by atoms with Crippen molar-refractivity contribution in [1.82, 2.24) is 24.6 Å². The van der Waals surface area contributed by atoms with Crippen LogP contribution < -0.4 is 5.76 Å². The van der Waals surface area contributed by atoms with Crippen molar-refractivity contribution >= 4 is 17.0 Å². The Bertz CT molecular complexity index is 1030. The summed E-state index contributed by atoms with van der Waals surface area (Å²) in [6, 6.07) is 5.60. The molecule has 8 nitrogen and oxygen atoms in total. The second kappa shape index (κ2) is 7.02. The second-order valence-corrected chi connectivity index (χ2v) is 7.20. The van der Waals surface area contributed by atoms with Crippen LogP contribution in [0.3, 0.4) is 0 Å². The molecule has 1 fully saturated rings. The number of likely N-dealkylation sites (tertiary alicyclic amines) is 1. The first kappa shape index (κ1) is 17.5. The molecule has 4 rings (SSSR count). The van der Waals surface area contributed by atoms with Crippen molar-refractivity contribution in [1.29, 1.82) is 0 Å². The predicted octanol–water partition coefficient (Wildman–Crippen LogP) is 2.13. The lowest BCUT2D eigenvalue weighted by Crippen LogP contribution is -2.40. The summed E-state index contributed by atoms with van der Waals surface area (Å²) in [5, 5.41) is 7.11. The van der Waals surface area contributed by atoms with Gasteiger partial charge in [-0.1, -0.05) is 6.07 Å². The molecule has 0 aliphatic carbocycles. The van der Waals surface area contributed by atoms with Crippen molar-refractivity contribution in [2.24, 2.45) is 0 Å². The van der Waals surface area contributed by atoms with E-state index >= 15 is 0 Å². The van der Waals surface area contributed by atoms with Crippen LogP contribution in [0.2, 0.25) is 0 Å². The number of carbonyl (C=O) groups is 1. The number of piperidine rings is 1. The molecule has 1 N–H and O–H groups in total. The van der Waals surface area contributed by atoms with Crippen molar-refractivity contribution in [2.75, 3.05) is 13.1 Å². The summed E-state index contributed by atoms with van der Waals surface area (Å²) >= 11 is 0. The Kier molecular flexibility index (Phi) is 4.55. The van der Waals surface area contributed by atoms with E-state index < -0.39 is 5.76 Å². The van der Waals surface area contributed by atoms with E-state index in [9.17, 15) is 9.59 Å². The first-order valence-corrected chi connectivity index (χ1v) is 9.28. The summed E-state index contributed by atoms with van der Waals surface area (Å²) in [7, 11) is 0. The van der Waals surface area contributed by atoms with Crippen LogP contribution in [0.15, 0.2) is 27.4 Å². The van der Waals surface area contributed by atoms with Gasteiger partial charge in [-0.15, -0.1) is 0 Å². The molecule has 0 spiro atoms. The number of oxazole rings is 1. The molecule has 1 atom stereocenters. The first-order valence-electron chi connectivity index (χ1n) is 9.28. The number of H-pyrrole nitrogens is 1. The summed E-state index contributed by atoms with van der Waals surface area (Å²) in [4.78, 5) is 31.1. The lowest BCUT2D eigenvalue weighted by atomic mass is 9.97. The van der Waals surface area contributed by atoms with E-state index in [-0.39, 0.29) is 18.2 Å². The van der Waals surface area contributed by atoms with Gasteiger partial charge in [-0.3, -0.25) is 14.5 Å². The lowest BCUT2D eigenvalue weighted by molar-refractivity contribution is -0.132. The Labute approximate surface area is 156 Å². The Morgan fingerprint density at radius 3 is 3.00 bits per heavy atom. The van der Waals surface area contributed by atoms with E-state index in [0.29, 0.717) is 18.7 Å². The quantitative estimate of drug-likeness (QED) is 0.760. The van der Waals surface area contributed by atoms with Crippen molar-refractivity contribution in [3.63, 3.8) is 0 Å². The number of carbonyl (C=O) groups excluding carboxylic acids is 1. The number of nitrogens with one attached hydrogen (secondary N) is 1. The molecular weight excluding hydrogens is 346 g/mol. The van der Waals surface area contributed by atoms with Crippen LogP contribution in [0.5, 0.6) is 0 Å². The Morgan fingerprint density at radius 1 is 1.37 bits per heavy atom. The third kappa shape index (κ3) is 3.51. The molecule has 0 saturated carbocycles. The van der Waals surface area contributed by atoms with Gasteiger partial charge in [0.15, 0.2) is 11.4 Å². The number of aromatic amines is 1. The van der Waals surface area contributed by atoms with Gasteiger partial charge in [-0.05, 0) is 44.4 Å². The molecule has 1 aromatic carbocycles. The SMILES string of the molecule is Cc1ccc2oc(=O)n(CCC(=O)N3CCC[C@@H](c4n[nH]c(C)n4)C3)c2c1. The minimum absolute atomic E-state index is 0.0425. The summed E-state index contributed by atoms with van der Waals surface area (Å²) in [6.07, 6.45) is 2.17. The highest BCUT2D eigenvalue weighted by molar-refractivity contribution is 5.77. The van der Waals surface area contributed by atoms with Crippen molar-refractivity contribution < 1.29 is 9.21 Å². The first-order chi connectivity index (χ1) is 13.0. The predicted molar refractivity (Wildman–Crippen MR) is 99.5 cm³/mol. The summed E-state index contributed by atoms with van der Waals surface area (Å²) in [6.45, 7) is 5.51. The fourth-order valence-corrected chi connectivity index (χ4v) is 3.71. The number of nitrogens with zero attached hydrogens (tertiary/aromatic N) is 4. The number of aromatic nitrogens is 4. The highest BCUT2D eigenvalue weighted by Gasteiger charge is 2.27. The zero-order chi connectivity index (χ0) is 19.0. The normalized spacial score (nSPS) is 17.6. The Balaban J connectivity index is 1.44. The average molecular weight is 369 g/mol. The van der Waals surface area contributed by atoms with Gasteiger partial charge in [0.2, 0.25) is 5.91 Å². The molecule has 3 aromatic rings. The molecule has 0 bridgehead atoms. The van der Waals surface area contributed by atoms with Crippen molar-refractivity contribution in [2.45, 2.75) is 45.6 Å². The highest BCUT2D eigenvalue weighted by Crippen LogP contribution is 2.25. The summed E-state index contributed by atoms with van der Waals surface area (Å²) in [5.74, 6) is 1.34. The molecule has 1 aliphatic heterocycles. The molecule has 1 saturated heterocycles. The van der Waals surface area contributed by atoms with Gasteiger partial charge in [0, 0.05) is 32.0 Å². The number of hydrogen-bond donors (Lipinski definition) is 1. The van der Waals surface area contributed by atoms with Gasteiger partial charge in [0.05, 0.1) is 5.52 Å². The van der Waals surface area contributed by atoms with Gasteiger partial charge in [-0.2, -0.15) is 5.10 Å². The number of fused-ring (bicyclic) bond motifs is 1. The van der Waals surface area contributed by atoms with Crippen LogP contribution in [0.25, 0.3) is 11.1 Å². The Hall–Kier alpha value is -2.90. The topological polar surface area (TPSA) is 97.0 Å². The minimum atomic E-state index is -0.420. The third-order valence-corrected chi connectivity index (χ3v) is 5.13. The van der Waals surface area contributed by atoms with Gasteiger partial charge in [0.25, 0.3) is 0 Å². The molecule has 1 aliphatic rings. The second-order valence-electron chi connectivity index (χ2n) is 7.20. The van der Waals surface area contributed by atoms with E-state index in [2.05, 4.69) is 15.2 Å². The summed E-state index contributed by atoms with van der Waals surface area (Å²) < 4.78 is 6.81. The molecule has 3 heterocycles. The van der Waals surface area contributed by atoms with Crippen molar-refractivity contribution in [3.05, 3.63) is 46.0 Å². The van der Waals surface area contributed by atoms with E-state index in [0.717, 1.165) is 42.1 Å². The van der Waals surface area contributed by atoms with E-state index in [1.807, 2.05) is 30.9 Å². The van der Waals surface area contributed by atoms with E-state index in [1.54, 1.807) is 10.6 Å². The number of aryl methyl sites for hydroxylation is 3. The third-order valence-electron chi connectivity index (χ3n) is 5.13. The molecular formula is C19H23N5O3. The molecule has 1 amide bonds. The van der Waals surface area contributed by atoms with E-state index in [1.165, 1.54) is 0 Å². The van der Waals surface area contributed by atoms with Gasteiger partial charge >= 0.3 is 5.76 Å². The standard InChI is InChI=1S/C19H23N5O3/c1-12-5-6-16-15(10-12)24(19(26)27-16)9-7-17(25)23-8-3-4-14(11-23)18-20-13(2)21-22-18/h5-6,10,14H,3-4,7-9,11H2,1-2H3,(H,20,21,22)/t14-/m1/s1. The van der Waals surface area contributed by atoms with Gasteiger partial charge in [0.1, 0.15) is 5.82 Å². The fraction of sp³-hybridized carbons (Fsp3) is 0.474. The van der Waals surface area contributed by atoms with Crippen LogP contribution in [-0.4, -0.2) is 43.6 Å². The zero-order valence-corrected chi connectivity index (χ0v) is 15.6. The monoisotopic (exact) mass is 369 g/mol. The lowest BCUT2D eigenvalue weighted by Gasteiger charge is -2.31. The van der Waals surface area contributed by atoms with Gasteiger partial charge in [-0.25, -0.2) is 9.78 Å². The molecule has 142 valence electrons. The maximum absolute atomic E-state index is 12.7. The number of hydrogen-bond acceptors (Lipinski definition) is 5. The zero-order valence-electron chi connectivity index (χ0n) is 15.6. The number of benzene rings is 1. The molecule has 0 radical (unpaired) electrons. The van der Waals surface area contributed by atoms with Crippen molar-refractivity contribution in [3.8, 4) is 0 Å². The average Bonchev–Trinajstić information content (AvgIpc) is 3.22. The molecule has 2 aromatic heterocycles. The van der Waals surface area contributed by atoms with E-state index in [4.69, 9.17) is 4.42 Å².